The third kappa shape index (κ3) is 4.95. The molecule has 1 aromatic rings. The summed E-state index contributed by atoms with van der Waals surface area (Å²) in [5.41, 5.74) is 0.0985. The molecule has 2 nitrogen and oxygen atoms in total. The molecule has 7 heteroatoms. The molecule has 1 N–H and O–H groups in total. The number of ether oxygens (including phenoxy) is 1. The predicted molar refractivity (Wildman–Crippen MR) is 81.7 cm³/mol. The molecule has 0 amide bonds. The first-order valence-corrected chi connectivity index (χ1v) is 7.29. The van der Waals surface area contributed by atoms with Gasteiger partial charge in [-0.15, -0.1) is 11.6 Å². The van der Waals surface area contributed by atoms with Crippen molar-refractivity contribution in [3.05, 3.63) is 29.3 Å². The fourth-order valence-electron chi connectivity index (χ4n) is 2.19. The molecule has 1 atom stereocenters. The Morgan fingerprint density at radius 3 is 2.62 bits per heavy atom. The van der Waals surface area contributed by atoms with Crippen molar-refractivity contribution in [3.8, 4) is 0 Å². The van der Waals surface area contributed by atoms with E-state index < -0.39 is 17.7 Å². The lowest BCUT2D eigenvalue weighted by Crippen LogP contribution is -2.22. The minimum Gasteiger partial charge on any atom is -0.481 e. The third-order valence-corrected chi connectivity index (χ3v) is 3.40. The molecule has 0 saturated heterocycles. The van der Waals surface area contributed by atoms with Gasteiger partial charge in [0.15, 0.2) is 5.90 Å². The lowest BCUT2D eigenvalue weighted by Gasteiger charge is -2.22. The normalized spacial score (nSPS) is 13.0. The highest BCUT2D eigenvalue weighted by atomic mass is 35.5. The first kappa shape index (κ1) is 17.9. The average Bonchev–Trinajstić information content (AvgIpc) is 2.38. The van der Waals surface area contributed by atoms with Crippen molar-refractivity contribution in [3.63, 3.8) is 0 Å². The number of alkyl halides is 4. The van der Waals surface area contributed by atoms with E-state index in [1.165, 1.54) is 12.1 Å². The van der Waals surface area contributed by atoms with E-state index in [1.807, 2.05) is 0 Å². The summed E-state index contributed by atoms with van der Waals surface area (Å²) in [6, 6.07) is 3.97. The Balaban J connectivity index is 3.27. The van der Waals surface area contributed by atoms with Crippen LogP contribution in [0.25, 0.3) is 0 Å². The zero-order chi connectivity index (χ0) is 16.0. The summed E-state index contributed by atoms with van der Waals surface area (Å²) in [5.74, 6) is -0.526. The molecule has 0 spiro atoms. The molecule has 1 rings (SSSR count). The van der Waals surface area contributed by atoms with Gasteiger partial charge in [0, 0.05) is 5.88 Å². The zero-order valence-electron chi connectivity index (χ0n) is 12.1. The highest BCUT2D eigenvalue weighted by molar-refractivity contribution is 6.32. The number of rotatable bonds is 6. The second kappa shape index (κ2) is 7.73. The van der Waals surface area contributed by atoms with E-state index in [-0.39, 0.29) is 18.1 Å². The average molecular weight is 320 g/mol. The molecular formula is C14H18BClF3NO. The Labute approximate surface area is 128 Å². The standard InChI is InChI=1S/C14H18BClF3NO/c1-2-21-13(20)10(4-3-7-16)11-8-9(15)5-6-12(11)14(17,18)19/h5-6,8,10,20H,2-4,7,15H2,1H3. The van der Waals surface area contributed by atoms with Crippen molar-refractivity contribution in [1.82, 2.24) is 0 Å². The summed E-state index contributed by atoms with van der Waals surface area (Å²) in [6.07, 6.45) is -3.57. The summed E-state index contributed by atoms with van der Waals surface area (Å²) in [6.45, 7) is 1.96. The van der Waals surface area contributed by atoms with Crippen LogP contribution >= 0.6 is 11.6 Å². The van der Waals surface area contributed by atoms with Gasteiger partial charge in [-0.1, -0.05) is 23.7 Å². The molecular weight excluding hydrogens is 301 g/mol. The summed E-state index contributed by atoms with van der Waals surface area (Å²) < 4.78 is 44.7. The van der Waals surface area contributed by atoms with Crippen molar-refractivity contribution in [2.24, 2.45) is 0 Å². The lowest BCUT2D eigenvalue weighted by atomic mass is 9.84. The Morgan fingerprint density at radius 1 is 1.43 bits per heavy atom. The monoisotopic (exact) mass is 319 g/mol. The zero-order valence-corrected chi connectivity index (χ0v) is 12.8. The van der Waals surface area contributed by atoms with E-state index in [0.29, 0.717) is 18.7 Å². The summed E-state index contributed by atoms with van der Waals surface area (Å²) in [5, 5.41) is 7.90. The van der Waals surface area contributed by atoms with Crippen LogP contribution in [0.4, 0.5) is 13.2 Å². The van der Waals surface area contributed by atoms with Gasteiger partial charge in [-0.25, -0.2) is 0 Å². The number of halogens is 4. The molecule has 0 fully saturated rings. The topological polar surface area (TPSA) is 33.1 Å². The van der Waals surface area contributed by atoms with Gasteiger partial charge in [-0.05, 0) is 25.3 Å². The molecule has 0 saturated carbocycles. The molecule has 21 heavy (non-hydrogen) atoms. The van der Waals surface area contributed by atoms with Crippen LogP contribution in [0.15, 0.2) is 18.2 Å². The van der Waals surface area contributed by atoms with Crippen molar-refractivity contribution in [1.29, 1.82) is 5.41 Å². The van der Waals surface area contributed by atoms with Gasteiger partial charge in [0.05, 0.1) is 18.1 Å². The van der Waals surface area contributed by atoms with E-state index >= 15 is 0 Å². The summed E-state index contributed by atoms with van der Waals surface area (Å²) >= 11 is 5.64. The van der Waals surface area contributed by atoms with E-state index in [0.717, 1.165) is 11.5 Å². The first-order valence-electron chi connectivity index (χ1n) is 6.76. The largest absolute Gasteiger partial charge is 0.481 e. The third-order valence-electron chi connectivity index (χ3n) is 3.13. The Morgan fingerprint density at radius 2 is 2.10 bits per heavy atom. The minimum absolute atomic E-state index is 0.0890. The highest BCUT2D eigenvalue weighted by Crippen LogP contribution is 2.36. The van der Waals surface area contributed by atoms with Crippen molar-refractivity contribution >= 4 is 30.8 Å². The smallest absolute Gasteiger partial charge is 0.416 e. The second-order valence-corrected chi connectivity index (χ2v) is 5.15. The maximum absolute atomic E-state index is 13.2. The van der Waals surface area contributed by atoms with E-state index in [1.54, 1.807) is 14.8 Å². The molecule has 116 valence electrons. The van der Waals surface area contributed by atoms with Crippen LogP contribution < -0.4 is 5.46 Å². The summed E-state index contributed by atoms with van der Waals surface area (Å²) in [7, 11) is 1.73. The highest BCUT2D eigenvalue weighted by Gasteiger charge is 2.36. The molecule has 1 aromatic carbocycles. The van der Waals surface area contributed by atoms with E-state index in [9.17, 15) is 13.2 Å². The van der Waals surface area contributed by atoms with Gasteiger partial charge < -0.3 is 4.74 Å². The van der Waals surface area contributed by atoms with Crippen LogP contribution in [0, 0.1) is 5.41 Å². The predicted octanol–water partition coefficient (Wildman–Crippen LogP) is 3.08. The Hall–Kier alpha value is -1.17. The van der Waals surface area contributed by atoms with Gasteiger partial charge in [0.2, 0.25) is 0 Å². The minimum atomic E-state index is -4.45. The van der Waals surface area contributed by atoms with Crippen LogP contribution in [0.5, 0.6) is 0 Å². The Kier molecular flexibility index (Phi) is 6.59. The molecule has 1 unspecified atom stereocenters. The van der Waals surface area contributed by atoms with E-state index in [4.69, 9.17) is 21.7 Å². The number of hydrogen-bond acceptors (Lipinski definition) is 2. The van der Waals surface area contributed by atoms with Gasteiger partial charge in [-0.2, -0.15) is 13.2 Å². The van der Waals surface area contributed by atoms with Crippen LogP contribution in [0.1, 0.15) is 36.8 Å². The first-order chi connectivity index (χ1) is 9.81. The van der Waals surface area contributed by atoms with Gasteiger partial charge >= 0.3 is 6.18 Å². The van der Waals surface area contributed by atoms with Crippen LogP contribution in [-0.4, -0.2) is 26.2 Å². The quantitative estimate of drug-likeness (QED) is 0.372. The second-order valence-electron chi connectivity index (χ2n) is 4.77. The fraction of sp³-hybridized carbons (Fsp3) is 0.500. The maximum Gasteiger partial charge on any atom is 0.416 e. The van der Waals surface area contributed by atoms with Crippen LogP contribution in [-0.2, 0) is 10.9 Å². The van der Waals surface area contributed by atoms with Crippen molar-refractivity contribution < 1.29 is 17.9 Å². The number of hydrogen-bond donors (Lipinski definition) is 1. The van der Waals surface area contributed by atoms with Crippen molar-refractivity contribution in [2.75, 3.05) is 12.5 Å². The molecule has 0 bridgehead atoms. The number of nitrogens with one attached hydrogen (secondary N) is 1. The Bertz CT molecular complexity index is 494. The lowest BCUT2D eigenvalue weighted by molar-refractivity contribution is -0.138. The SMILES string of the molecule is Bc1ccc(C(F)(F)F)c(C(CCCCl)C(=N)OCC)c1. The van der Waals surface area contributed by atoms with Crippen LogP contribution in [0.3, 0.4) is 0 Å². The number of benzene rings is 1. The molecule has 0 heterocycles. The molecule has 0 aliphatic heterocycles. The van der Waals surface area contributed by atoms with Gasteiger partial charge in [-0.3, -0.25) is 5.41 Å². The van der Waals surface area contributed by atoms with Gasteiger partial charge in [0.25, 0.3) is 0 Å². The van der Waals surface area contributed by atoms with Crippen LogP contribution in [0.2, 0.25) is 0 Å². The molecule has 0 aromatic heterocycles. The van der Waals surface area contributed by atoms with Crippen molar-refractivity contribution in [2.45, 2.75) is 31.9 Å². The molecule has 0 radical (unpaired) electrons. The van der Waals surface area contributed by atoms with E-state index in [2.05, 4.69) is 0 Å². The maximum atomic E-state index is 13.2. The fourth-order valence-corrected chi connectivity index (χ4v) is 2.35. The molecule has 0 aliphatic carbocycles. The summed E-state index contributed by atoms with van der Waals surface area (Å²) in [4.78, 5) is 0. The van der Waals surface area contributed by atoms with Gasteiger partial charge in [0.1, 0.15) is 7.85 Å². The molecule has 0 aliphatic rings.